The number of nitrogen functional groups attached to an aromatic ring is 1. The number of hydrogen-bond acceptors (Lipinski definition) is 7. The molecule has 8 heteroatoms. The summed E-state index contributed by atoms with van der Waals surface area (Å²) in [5, 5.41) is 12.0. The van der Waals surface area contributed by atoms with Crippen molar-refractivity contribution in [2.75, 3.05) is 18.9 Å². The molecule has 27 heavy (non-hydrogen) atoms. The first kappa shape index (κ1) is 18.8. The molecular formula is C19H21N5O2S. The minimum atomic E-state index is -0.441. The molecule has 0 saturated heterocycles. The van der Waals surface area contributed by atoms with E-state index in [-0.39, 0.29) is 5.91 Å². The normalized spacial score (nSPS) is 11.8. The second-order valence-electron chi connectivity index (χ2n) is 5.91. The van der Waals surface area contributed by atoms with Crippen molar-refractivity contribution in [3.63, 3.8) is 0 Å². The number of carbonyl (C=O) groups is 1. The molecule has 0 saturated carbocycles. The van der Waals surface area contributed by atoms with Crippen molar-refractivity contribution in [1.82, 2.24) is 15.5 Å². The molecule has 1 amide bonds. The van der Waals surface area contributed by atoms with E-state index in [0.29, 0.717) is 34.6 Å². The number of amides is 1. The summed E-state index contributed by atoms with van der Waals surface area (Å²) in [6.07, 6.45) is 0. The summed E-state index contributed by atoms with van der Waals surface area (Å²) in [6, 6.07) is 14.5. The minimum absolute atomic E-state index is 0.241. The van der Waals surface area contributed by atoms with Crippen LogP contribution in [0.1, 0.15) is 32.5 Å². The van der Waals surface area contributed by atoms with Gasteiger partial charge in [0, 0.05) is 12.1 Å². The van der Waals surface area contributed by atoms with Crippen molar-refractivity contribution >= 4 is 22.4 Å². The number of hydrogen-bond donors (Lipinski definition) is 3. The van der Waals surface area contributed by atoms with Gasteiger partial charge in [0.2, 0.25) is 5.13 Å². The fourth-order valence-electron chi connectivity index (χ4n) is 2.58. The monoisotopic (exact) mass is 383 g/mol. The number of nitrogens with one attached hydrogen (secondary N) is 1. The zero-order valence-corrected chi connectivity index (χ0v) is 15.7. The van der Waals surface area contributed by atoms with Gasteiger partial charge in [-0.05, 0) is 30.2 Å². The van der Waals surface area contributed by atoms with Gasteiger partial charge in [-0.1, -0.05) is 47.7 Å². The highest BCUT2D eigenvalue weighted by atomic mass is 32.1. The van der Waals surface area contributed by atoms with Crippen LogP contribution in [0.4, 0.5) is 5.13 Å². The van der Waals surface area contributed by atoms with E-state index in [1.54, 1.807) is 12.1 Å². The Morgan fingerprint density at radius 3 is 2.67 bits per heavy atom. The van der Waals surface area contributed by atoms with Crippen molar-refractivity contribution in [3.8, 4) is 5.75 Å². The van der Waals surface area contributed by atoms with Crippen LogP contribution in [0.3, 0.4) is 0 Å². The first-order chi connectivity index (χ1) is 13.1. The third-order valence-electron chi connectivity index (χ3n) is 3.94. The molecule has 0 fully saturated rings. The fraction of sp³-hybridized carbons (Fsp3) is 0.211. The van der Waals surface area contributed by atoms with E-state index in [2.05, 4.69) is 15.5 Å². The average Bonchev–Trinajstić information content (AvgIpc) is 3.12. The van der Waals surface area contributed by atoms with Crippen molar-refractivity contribution < 1.29 is 9.53 Å². The zero-order chi connectivity index (χ0) is 19.2. The van der Waals surface area contributed by atoms with Crippen molar-refractivity contribution in [3.05, 3.63) is 70.2 Å². The van der Waals surface area contributed by atoms with Gasteiger partial charge in [0.05, 0.1) is 0 Å². The molecule has 7 nitrogen and oxygen atoms in total. The smallest absolute Gasteiger partial charge is 0.252 e. The number of aryl methyl sites for hydroxylation is 1. The molecule has 2 aromatic carbocycles. The summed E-state index contributed by atoms with van der Waals surface area (Å²) >= 11 is 1.25. The van der Waals surface area contributed by atoms with Gasteiger partial charge in [-0.15, -0.1) is 10.2 Å². The van der Waals surface area contributed by atoms with Gasteiger partial charge in [0.25, 0.3) is 5.91 Å². The maximum Gasteiger partial charge on any atom is 0.252 e. The third kappa shape index (κ3) is 4.60. The highest BCUT2D eigenvalue weighted by Gasteiger charge is 2.22. The standard InChI is InChI=1S/C19H21N5O2S/c1-12-7-8-14(11-15(12)26-10-9-20)17(25)22-16(13-5-3-2-4-6-13)18-23-24-19(21)27-18/h2-8,11,16H,9-10,20H2,1H3,(H2,21,24)(H,22,25)/t16-/m0/s1. The summed E-state index contributed by atoms with van der Waals surface area (Å²) in [5.41, 5.74) is 13.5. The lowest BCUT2D eigenvalue weighted by Crippen LogP contribution is -2.29. The molecule has 1 atom stereocenters. The Balaban J connectivity index is 1.87. The van der Waals surface area contributed by atoms with Crippen molar-refractivity contribution in [2.24, 2.45) is 5.73 Å². The van der Waals surface area contributed by atoms with Crippen LogP contribution in [-0.4, -0.2) is 29.3 Å². The summed E-state index contributed by atoms with van der Waals surface area (Å²) < 4.78 is 5.61. The SMILES string of the molecule is Cc1ccc(C(=O)N[C@@H](c2ccccc2)c2nnc(N)s2)cc1OCCN. The lowest BCUT2D eigenvalue weighted by molar-refractivity contribution is 0.0942. The van der Waals surface area contributed by atoms with E-state index in [0.717, 1.165) is 11.1 Å². The molecule has 0 aliphatic rings. The van der Waals surface area contributed by atoms with Crippen LogP contribution in [0.25, 0.3) is 0 Å². The van der Waals surface area contributed by atoms with Gasteiger partial charge < -0.3 is 21.5 Å². The van der Waals surface area contributed by atoms with Gasteiger partial charge >= 0.3 is 0 Å². The van der Waals surface area contributed by atoms with E-state index < -0.39 is 6.04 Å². The molecule has 0 spiro atoms. The Labute approximate surface area is 161 Å². The number of nitrogens with two attached hydrogens (primary N) is 2. The first-order valence-corrected chi connectivity index (χ1v) is 9.28. The quantitative estimate of drug-likeness (QED) is 0.576. The molecule has 3 rings (SSSR count). The molecule has 0 bridgehead atoms. The summed E-state index contributed by atoms with van der Waals surface area (Å²) in [6.45, 7) is 2.72. The number of aromatic nitrogens is 2. The first-order valence-electron chi connectivity index (χ1n) is 8.46. The topological polar surface area (TPSA) is 116 Å². The summed E-state index contributed by atoms with van der Waals surface area (Å²) in [5.74, 6) is 0.403. The van der Waals surface area contributed by atoms with Crippen molar-refractivity contribution in [2.45, 2.75) is 13.0 Å². The number of rotatable bonds is 7. The maximum atomic E-state index is 12.9. The van der Waals surface area contributed by atoms with Crippen LogP contribution in [0.2, 0.25) is 0 Å². The molecule has 1 heterocycles. The van der Waals surface area contributed by atoms with Crippen LogP contribution in [-0.2, 0) is 0 Å². The highest BCUT2D eigenvalue weighted by molar-refractivity contribution is 7.15. The average molecular weight is 383 g/mol. The third-order valence-corrected chi connectivity index (χ3v) is 4.75. The van der Waals surface area contributed by atoms with Crippen LogP contribution >= 0.6 is 11.3 Å². The van der Waals surface area contributed by atoms with E-state index in [4.69, 9.17) is 16.2 Å². The molecule has 0 unspecified atom stereocenters. The Hall–Kier alpha value is -2.97. The Kier molecular flexibility index (Phi) is 6.00. The molecule has 0 aliphatic heterocycles. The molecule has 3 aromatic rings. The molecule has 140 valence electrons. The predicted octanol–water partition coefficient (Wildman–Crippen LogP) is 2.29. The molecule has 0 radical (unpaired) electrons. The van der Waals surface area contributed by atoms with Crippen LogP contribution in [0.15, 0.2) is 48.5 Å². The van der Waals surface area contributed by atoms with Crippen LogP contribution in [0.5, 0.6) is 5.75 Å². The summed E-state index contributed by atoms with van der Waals surface area (Å²) in [7, 11) is 0. The highest BCUT2D eigenvalue weighted by Crippen LogP contribution is 2.27. The molecule has 5 N–H and O–H groups in total. The number of nitrogens with zero attached hydrogens (tertiary/aromatic N) is 2. The van der Waals surface area contributed by atoms with Gasteiger partial charge in [-0.2, -0.15) is 0 Å². The Morgan fingerprint density at radius 1 is 1.22 bits per heavy atom. The van der Waals surface area contributed by atoms with E-state index >= 15 is 0 Å². The van der Waals surface area contributed by atoms with Crippen molar-refractivity contribution in [1.29, 1.82) is 0 Å². The Bertz CT molecular complexity index is 913. The largest absolute Gasteiger partial charge is 0.492 e. The lowest BCUT2D eigenvalue weighted by Gasteiger charge is -2.17. The molecular weight excluding hydrogens is 362 g/mol. The second-order valence-corrected chi connectivity index (χ2v) is 6.95. The second kappa shape index (κ2) is 8.61. The number of benzene rings is 2. The van der Waals surface area contributed by atoms with E-state index in [1.807, 2.05) is 43.3 Å². The van der Waals surface area contributed by atoms with Gasteiger partial charge in [-0.3, -0.25) is 4.79 Å². The van der Waals surface area contributed by atoms with Gasteiger partial charge in [0.1, 0.15) is 23.4 Å². The zero-order valence-electron chi connectivity index (χ0n) is 14.9. The summed E-state index contributed by atoms with van der Waals surface area (Å²) in [4.78, 5) is 12.9. The number of carbonyl (C=O) groups excluding carboxylic acids is 1. The number of ether oxygens (including phenoxy) is 1. The predicted molar refractivity (Wildman–Crippen MR) is 106 cm³/mol. The van der Waals surface area contributed by atoms with Crippen LogP contribution < -0.4 is 21.5 Å². The fourth-order valence-corrected chi connectivity index (χ4v) is 3.27. The van der Waals surface area contributed by atoms with Gasteiger partial charge in [-0.25, -0.2) is 0 Å². The number of anilines is 1. The van der Waals surface area contributed by atoms with Crippen LogP contribution in [0, 0.1) is 6.92 Å². The minimum Gasteiger partial charge on any atom is -0.492 e. The van der Waals surface area contributed by atoms with Gasteiger partial charge in [0.15, 0.2) is 0 Å². The Morgan fingerprint density at radius 2 is 2.00 bits per heavy atom. The van der Waals surface area contributed by atoms with E-state index in [1.165, 1.54) is 11.3 Å². The van der Waals surface area contributed by atoms with E-state index in [9.17, 15) is 4.79 Å². The molecule has 0 aliphatic carbocycles. The maximum absolute atomic E-state index is 12.9. The molecule has 1 aromatic heterocycles. The lowest BCUT2D eigenvalue weighted by atomic mass is 10.1.